The molecule has 0 spiro atoms. The average Bonchev–Trinajstić information content (AvgIpc) is 2.31. The van der Waals surface area contributed by atoms with Crippen molar-refractivity contribution in [2.75, 3.05) is 5.88 Å². The Kier molecular flexibility index (Phi) is 7.60. The first-order chi connectivity index (χ1) is 8.72. The molecule has 19 heavy (non-hydrogen) atoms. The van der Waals surface area contributed by atoms with Crippen molar-refractivity contribution >= 4 is 32.2 Å². The summed E-state index contributed by atoms with van der Waals surface area (Å²) in [7, 11) is -2.24. The maximum atomic E-state index is 12.0. The van der Waals surface area contributed by atoms with Gasteiger partial charge in [0.1, 0.15) is 6.29 Å². The maximum absolute atomic E-state index is 12.0. The van der Waals surface area contributed by atoms with E-state index in [1.807, 2.05) is 0 Å². The quantitative estimate of drug-likeness (QED) is 0.308. The topological polar surface area (TPSA) is 43.4 Å². The van der Waals surface area contributed by atoms with E-state index in [-0.39, 0.29) is 11.5 Å². The van der Waals surface area contributed by atoms with Crippen LogP contribution in [0, 0.1) is 0 Å². The van der Waals surface area contributed by atoms with Gasteiger partial charge in [0.2, 0.25) is 0 Å². The Morgan fingerprint density at radius 2 is 1.53 bits per heavy atom. The van der Waals surface area contributed by atoms with E-state index in [4.69, 9.17) is 16.0 Å². The van der Waals surface area contributed by atoms with Gasteiger partial charge in [-0.05, 0) is 16.6 Å². The summed E-state index contributed by atoms with van der Waals surface area (Å²) in [5.41, 5.74) is 1.22. The lowest BCUT2D eigenvalue weighted by molar-refractivity contribution is -0.130. The molecule has 110 valence electrons. The van der Waals surface area contributed by atoms with Crippen LogP contribution in [0.3, 0.4) is 0 Å². The molecule has 0 aromatic heterocycles. The Morgan fingerprint density at radius 1 is 1.11 bits per heavy atom. The zero-order chi connectivity index (χ0) is 15.2. The summed E-state index contributed by atoms with van der Waals surface area (Å²) in [4.78, 5) is 22.7. The molecule has 0 rings (SSSR count). The van der Waals surface area contributed by atoms with Crippen LogP contribution < -0.4 is 0 Å². The third-order valence-corrected chi connectivity index (χ3v) is 9.87. The van der Waals surface area contributed by atoms with Gasteiger partial charge < -0.3 is 4.43 Å². The third-order valence-electron chi connectivity index (χ3n) is 3.59. The monoisotopic (exact) mass is 304 g/mol. The van der Waals surface area contributed by atoms with Crippen molar-refractivity contribution in [1.29, 1.82) is 0 Å². The lowest BCUT2D eigenvalue weighted by Gasteiger charge is -2.40. The van der Waals surface area contributed by atoms with Gasteiger partial charge in [0.15, 0.2) is 0 Å². The van der Waals surface area contributed by atoms with E-state index in [1.54, 1.807) is 0 Å². The van der Waals surface area contributed by atoms with Crippen LogP contribution in [0.5, 0.6) is 0 Å². The minimum atomic E-state index is -2.24. The van der Waals surface area contributed by atoms with Crippen LogP contribution in [0.15, 0.2) is 11.6 Å². The van der Waals surface area contributed by atoms with Crippen molar-refractivity contribution in [2.45, 2.75) is 58.2 Å². The standard InChI is InChI=1S/C14H25ClO3Si/c1-10(2)19(11(3)4,12(5)6)18-14(17)7-13(8-15)9-16/h7,9-12H,8H2,1-6H3/b13-7+. The molecule has 0 aromatic carbocycles. The highest BCUT2D eigenvalue weighted by atomic mass is 35.5. The molecule has 0 atom stereocenters. The van der Waals surface area contributed by atoms with Crippen LogP contribution in [0.1, 0.15) is 41.5 Å². The Bertz CT molecular complexity index is 327. The molecule has 0 aliphatic heterocycles. The van der Waals surface area contributed by atoms with E-state index in [0.29, 0.717) is 22.9 Å². The molecular weight excluding hydrogens is 280 g/mol. The van der Waals surface area contributed by atoms with Crippen LogP contribution in [-0.2, 0) is 14.0 Å². The van der Waals surface area contributed by atoms with Crippen molar-refractivity contribution in [3.63, 3.8) is 0 Å². The minimum absolute atomic E-state index is 0.0260. The van der Waals surface area contributed by atoms with Gasteiger partial charge in [-0.25, -0.2) is 4.79 Å². The maximum Gasteiger partial charge on any atom is 0.317 e. The molecule has 3 nitrogen and oxygen atoms in total. The summed E-state index contributed by atoms with van der Waals surface area (Å²) < 4.78 is 5.86. The fourth-order valence-corrected chi connectivity index (χ4v) is 8.07. The largest absolute Gasteiger partial charge is 0.515 e. The third kappa shape index (κ3) is 4.46. The number of halogens is 1. The second kappa shape index (κ2) is 7.85. The summed E-state index contributed by atoms with van der Waals surface area (Å²) in [5, 5.41) is 0. The van der Waals surface area contributed by atoms with Gasteiger partial charge in [0.25, 0.3) is 8.32 Å². The normalized spacial score (nSPS) is 13.3. The van der Waals surface area contributed by atoms with Gasteiger partial charge in [-0.2, -0.15) is 0 Å². The lowest BCUT2D eigenvalue weighted by Crippen LogP contribution is -2.49. The Morgan fingerprint density at radius 3 is 1.79 bits per heavy atom. The van der Waals surface area contributed by atoms with Crippen LogP contribution in [-0.4, -0.2) is 26.5 Å². The Hall–Kier alpha value is -0.613. The average molecular weight is 305 g/mol. The minimum Gasteiger partial charge on any atom is -0.515 e. The van der Waals surface area contributed by atoms with Crippen LogP contribution >= 0.6 is 11.6 Å². The number of alkyl halides is 1. The van der Waals surface area contributed by atoms with Crippen LogP contribution in [0.2, 0.25) is 16.6 Å². The highest BCUT2D eigenvalue weighted by molar-refractivity contribution is 6.79. The fraction of sp³-hybridized carbons (Fsp3) is 0.714. The molecule has 0 saturated heterocycles. The highest BCUT2D eigenvalue weighted by Crippen LogP contribution is 2.42. The van der Waals surface area contributed by atoms with Gasteiger partial charge in [0, 0.05) is 11.6 Å². The summed E-state index contributed by atoms with van der Waals surface area (Å²) in [6.07, 6.45) is 1.81. The molecule has 0 N–H and O–H groups in total. The van der Waals surface area contributed by atoms with E-state index in [9.17, 15) is 9.59 Å². The van der Waals surface area contributed by atoms with E-state index >= 15 is 0 Å². The molecule has 0 heterocycles. The first-order valence-corrected chi connectivity index (χ1v) is 9.34. The van der Waals surface area contributed by atoms with E-state index in [2.05, 4.69) is 41.5 Å². The van der Waals surface area contributed by atoms with Crippen LogP contribution in [0.4, 0.5) is 0 Å². The zero-order valence-corrected chi connectivity index (χ0v) is 14.5. The molecule has 0 aliphatic carbocycles. The van der Waals surface area contributed by atoms with Gasteiger partial charge >= 0.3 is 5.97 Å². The van der Waals surface area contributed by atoms with E-state index < -0.39 is 14.3 Å². The van der Waals surface area contributed by atoms with Crippen molar-refractivity contribution in [1.82, 2.24) is 0 Å². The SMILES string of the molecule is CC(C)[Si](OC(=O)/C=C(/C=O)CCl)(C(C)C)C(C)C. The van der Waals surface area contributed by atoms with E-state index in [0.717, 1.165) is 0 Å². The van der Waals surface area contributed by atoms with E-state index in [1.165, 1.54) is 6.08 Å². The summed E-state index contributed by atoms with van der Waals surface area (Å²) in [6, 6.07) is 0. The smallest absolute Gasteiger partial charge is 0.317 e. The van der Waals surface area contributed by atoms with Crippen molar-refractivity contribution < 1.29 is 14.0 Å². The van der Waals surface area contributed by atoms with Crippen LogP contribution in [0.25, 0.3) is 0 Å². The first kappa shape index (κ1) is 18.4. The molecular formula is C14H25ClO3Si. The second-order valence-electron chi connectivity index (χ2n) is 5.71. The first-order valence-electron chi connectivity index (χ1n) is 6.67. The van der Waals surface area contributed by atoms with Gasteiger partial charge in [-0.15, -0.1) is 11.6 Å². The number of hydrogen-bond acceptors (Lipinski definition) is 3. The number of carbonyl (C=O) groups is 2. The number of allylic oxidation sites excluding steroid dienone is 1. The summed E-state index contributed by atoms with van der Waals surface area (Å²) in [6.45, 7) is 12.6. The molecule has 0 aromatic rings. The molecule has 0 amide bonds. The molecule has 0 bridgehead atoms. The van der Waals surface area contributed by atoms with Crippen molar-refractivity contribution in [3.05, 3.63) is 11.6 Å². The van der Waals surface area contributed by atoms with Crippen molar-refractivity contribution in [2.24, 2.45) is 0 Å². The molecule has 0 radical (unpaired) electrons. The number of carbonyl (C=O) groups excluding carboxylic acids is 2. The van der Waals surface area contributed by atoms with Gasteiger partial charge in [0.05, 0.1) is 5.88 Å². The molecule has 5 heteroatoms. The fourth-order valence-electron chi connectivity index (χ4n) is 2.81. The predicted octanol–water partition coefficient (Wildman–Crippen LogP) is 4.07. The Labute approximate surface area is 122 Å². The number of rotatable bonds is 7. The summed E-state index contributed by atoms with van der Waals surface area (Å²) >= 11 is 5.57. The molecule has 0 aliphatic rings. The highest BCUT2D eigenvalue weighted by Gasteiger charge is 2.47. The number of aldehydes is 1. The second-order valence-corrected chi connectivity index (χ2v) is 11.4. The van der Waals surface area contributed by atoms with Crippen molar-refractivity contribution in [3.8, 4) is 0 Å². The Balaban J connectivity index is 5.30. The molecule has 0 fully saturated rings. The zero-order valence-electron chi connectivity index (χ0n) is 12.7. The predicted molar refractivity (Wildman–Crippen MR) is 82.0 cm³/mol. The number of hydrogen-bond donors (Lipinski definition) is 0. The molecule has 0 saturated carbocycles. The summed E-state index contributed by atoms with van der Waals surface area (Å²) in [5.74, 6) is -0.413. The van der Waals surface area contributed by atoms with Gasteiger partial charge in [-0.1, -0.05) is 41.5 Å². The van der Waals surface area contributed by atoms with Gasteiger partial charge in [-0.3, -0.25) is 4.79 Å². The lowest BCUT2D eigenvalue weighted by atomic mass is 10.3. The molecule has 0 unspecified atom stereocenters.